The summed E-state index contributed by atoms with van der Waals surface area (Å²) in [6.45, 7) is 6.71. The van der Waals surface area contributed by atoms with E-state index in [2.05, 4.69) is 10.00 Å². The van der Waals surface area contributed by atoms with Crippen LogP contribution < -0.4 is 0 Å². The minimum Gasteiger partial charge on any atom is -0.395 e. The lowest BCUT2D eigenvalue weighted by molar-refractivity contribution is 0.151. The first-order valence-electron chi connectivity index (χ1n) is 8.91. The fraction of sp³-hybridized carbons (Fsp3) is 0.500. The molecule has 8 heteroatoms. The van der Waals surface area contributed by atoms with Gasteiger partial charge in [0.15, 0.2) is 0 Å². The number of hydrogen-bond donors (Lipinski definition) is 1. The van der Waals surface area contributed by atoms with Crippen LogP contribution in [0, 0.1) is 0 Å². The Morgan fingerprint density at radius 3 is 2.35 bits per heavy atom. The van der Waals surface area contributed by atoms with Gasteiger partial charge in [0.1, 0.15) is 10.6 Å². The average Bonchev–Trinajstić information content (AvgIpc) is 3.10. The van der Waals surface area contributed by atoms with Crippen LogP contribution in [0.25, 0.3) is 11.3 Å². The zero-order valence-electron chi connectivity index (χ0n) is 15.2. The second-order valence-electron chi connectivity index (χ2n) is 6.75. The topological polar surface area (TPSA) is 78.7 Å². The first-order chi connectivity index (χ1) is 12.4. The van der Waals surface area contributed by atoms with Crippen molar-refractivity contribution in [2.75, 3.05) is 39.3 Å². The van der Waals surface area contributed by atoms with Crippen LogP contribution in [0.1, 0.15) is 19.9 Å². The lowest BCUT2D eigenvalue weighted by Gasteiger charge is -2.33. The number of aromatic nitrogens is 2. The monoisotopic (exact) mass is 378 g/mol. The van der Waals surface area contributed by atoms with E-state index in [9.17, 15) is 8.42 Å². The third kappa shape index (κ3) is 3.83. The number of benzene rings is 1. The molecule has 7 nitrogen and oxygen atoms in total. The molecule has 0 radical (unpaired) electrons. The smallest absolute Gasteiger partial charge is 0.246 e. The van der Waals surface area contributed by atoms with E-state index in [1.807, 2.05) is 44.2 Å². The van der Waals surface area contributed by atoms with E-state index in [4.69, 9.17) is 5.11 Å². The molecule has 1 aromatic carbocycles. The minimum atomic E-state index is -3.63. The molecular weight excluding hydrogens is 352 g/mol. The number of hydrogen-bond acceptors (Lipinski definition) is 5. The van der Waals surface area contributed by atoms with Gasteiger partial charge in [-0.3, -0.25) is 9.58 Å². The summed E-state index contributed by atoms with van der Waals surface area (Å²) in [7, 11) is -3.63. The number of nitrogens with zero attached hydrogens (tertiary/aromatic N) is 4. The summed E-state index contributed by atoms with van der Waals surface area (Å²) in [5.74, 6) is 0. The van der Waals surface area contributed by atoms with Crippen LogP contribution in [0.5, 0.6) is 0 Å². The Morgan fingerprint density at radius 1 is 1.12 bits per heavy atom. The fourth-order valence-electron chi connectivity index (χ4n) is 3.10. The van der Waals surface area contributed by atoms with Gasteiger partial charge in [-0.15, -0.1) is 0 Å². The zero-order chi connectivity index (χ0) is 18.7. The second-order valence-corrected chi connectivity index (χ2v) is 8.66. The highest BCUT2D eigenvalue weighted by molar-refractivity contribution is 7.89. The standard InChI is InChI=1S/C18H26N4O3S/c1-15(2)22-14-17(18(19-22)16-6-4-3-5-7-16)26(24,25)21-10-8-20(9-11-21)12-13-23/h3-7,14-15,23H,8-13H2,1-2H3. The average molecular weight is 378 g/mol. The normalized spacial score (nSPS) is 17.1. The molecule has 1 fully saturated rings. The quantitative estimate of drug-likeness (QED) is 0.823. The molecule has 1 N–H and O–H groups in total. The van der Waals surface area contributed by atoms with Crippen LogP contribution in [-0.2, 0) is 10.0 Å². The molecule has 0 aliphatic carbocycles. The Bertz CT molecular complexity index is 825. The van der Waals surface area contributed by atoms with E-state index in [0.29, 0.717) is 38.4 Å². The summed E-state index contributed by atoms with van der Waals surface area (Å²) in [6, 6.07) is 9.50. The number of β-amino-alcohol motifs (C(OH)–C–C–N with tert-alkyl or cyclic N) is 1. The maximum absolute atomic E-state index is 13.3. The number of rotatable bonds is 6. The van der Waals surface area contributed by atoms with Crippen molar-refractivity contribution in [2.45, 2.75) is 24.8 Å². The van der Waals surface area contributed by atoms with Gasteiger partial charge in [0.2, 0.25) is 10.0 Å². The molecular formula is C18H26N4O3S. The number of piperazine rings is 1. The molecule has 0 atom stereocenters. The molecule has 0 saturated carbocycles. The highest BCUT2D eigenvalue weighted by atomic mass is 32.2. The van der Waals surface area contributed by atoms with Gasteiger partial charge in [-0.1, -0.05) is 30.3 Å². The lowest BCUT2D eigenvalue weighted by Crippen LogP contribution is -2.49. The summed E-state index contributed by atoms with van der Waals surface area (Å²) in [4.78, 5) is 2.33. The highest BCUT2D eigenvalue weighted by Crippen LogP contribution is 2.29. The maximum Gasteiger partial charge on any atom is 0.246 e. The molecule has 142 valence electrons. The van der Waals surface area contributed by atoms with Gasteiger partial charge < -0.3 is 5.11 Å². The van der Waals surface area contributed by atoms with Crippen LogP contribution in [0.15, 0.2) is 41.4 Å². The Morgan fingerprint density at radius 2 is 1.77 bits per heavy atom. The molecule has 26 heavy (non-hydrogen) atoms. The molecule has 0 unspecified atom stereocenters. The van der Waals surface area contributed by atoms with Crippen LogP contribution in [0.4, 0.5) is 0 Å². The number of sulfonamides is 1. The van der Waals surface area contributed by atoms with Crippen LogP contribution in [0.2, 0.25) is 0 Å². The molecule has 2 aromatic rings. The molecule has 2 heterocycles. The van der Waals surface area contributed by atoms with Gasteiger partial charge in [-0.2, -0.15) is 9.40 Å². The van der Waals surface area contributed by atoms with Gasteiger partial charge in [0.25, 0.3) is 0 Å². The fourth-order valence-corrected chi connectivity index (χ4v) is 4.66. The Kier molecular flexibility index (Phi) is 5.76. The summed E-state index contributed by atoms with van der Waals surface area (Å²) < 4.78 is 29.8. The van der Waals surface area contributed by atoms with Crippen molar-refractivity contribution < 1.29 is 13.5 Å². The van der Waals surface area contributed by atoms with Crippen molar-refractivity contribution in [3.63, 3.8) is 0 Å². The van der Waals surface area contributed by atoms with Crippen molar-refractivity contribution in [3.8, 4) is 11.3 Å². The first-order valence-corrected chi connectivity index (χ1v) is 10.4. The molecule has 1 aliphatic rings. The molecule has 1 saturated heterocycles. The number of aliphatic hydroxyl groups is 1. The largest absolute Gasteiger partial charge is 0.395 e. The third-order valence-electron chi connectivity index (χ3n) is 4.64. The minimum absolute atomic E-state index is 0.0720. The van der Waals surface area contributed by atoms with Crippen molar-refractivity contribution in [2.24, 2.45) is 0 Å². The maximum atomic E-state index is 13.3. The molecule has 0 spiro atoms. The van der Waals surface area contributed by atoms with Crippen molar-refractivity contribution >= 4 is 10.0 Å². The highest BCUT2D eigenvalue weighted by Gasteiger charge is 2.32. The second kappa shape index (κ2) is 7.87. The van der Waals surface area contributed by atoms with E-state index < -0.39 is 10.0 Å². The molecule has 3 rings (SSSR count). The molecule has 0 bridgehead atoms. The Labute approximate surface area is 154 Å². The Hall–Kier alpha value is -1.74. The van der Waals surface area contributed by atoms with Crippen LogP contribution in [0.3, 0.4) is 0 Å². The summed E-state index contributed by atoms with van der Waals surface area (Å²) in [6.07, 6.45) is 1.64. The molecule has 1 aromatic heterocycles. The number of aliphatic hydroxyl groups excluding tert-OH is 1. The van der Waals surface area contributed by atoms with Gasteiger partial charge >= 0.3 is 0 Å². The Balaban J connectivity index is 1.95. The van der Waals surface area contributed by atoms with E-state index in [0.717, 1.165) is 5.56 Å². The lowest BCUT2D eigenvalue weighted by atomic mass is 10.2. The summed E-state index contributed by atoms with van der Waals surface area (Å²) in [5.41, 5.74) is 1.29. The van der Waals surface area contributed by atoms with E-state index >= 15 is 0 Å². The molecule has 1 aliphatic heterocycles. The van der Waals surface area contributed by atoms with Crippen molar-refractivity contribution in [3.05, 3.63) is 36.5 Å². The molecule has 0 amide bonds. The summed E-state index contributed by atoms with van der Waals surface area (Å²) in [5, 5.41) is 13.6. The van der Waals surface area contributed by atoms with Gasteiger partial charge in [0, 0.05) is 50.5 Å². The van der Waals surface area contributed by atoms with Crippen molar-refractivity contribution in [1.29, 1.82) is 0 Å². The first kappa shape index (κ1) is 19.0. The van der Waals surface area contributed by atoms with E-state index in [1.54, 1.807) is 10.9 Å². The predicted octanol–water partition coefficient (Wildman–Crippen LogP) is 1.43. The van der Waals surface area contributed by atoms with Crippen LogP contribution >= 0.6 is 0 Å². The van der Waals surface area contributed by atoms with Gasteiger partial charge in [0.05, 0.1) is 6.61 Å². The van der Waals surface area contributed by atoms with Crippen LogP contribution in [-0.4, -0.2) is 71.8 Å². The zero-order valence-corrected chi connectivity index (χ0v) is 16.1. The van der Waals surface area contributed by atoms with Gasteiger partial charge in [-0.25, -0.2) is 8.42 Å². The summed E-state index contributed by atoms with van der Waals surface area (Å²) >= 11 is 0. The van der Waals surface area contributed by atoms with E-state index in [1.165, 1.54) is 4.31 Å². The SMILES string of the molecule is CC(C)n1cc(S(=O)(=O)N2CCN(CCO)CC2)c(-c2ccccc2)n1. The predicted molar refractivity (Wildman–Crippen MR) is 100 cm³/mol. The third-order valence-corrected chi connectivity index (χ3v) is 6.54. The van der Waals surface area contributed by atoms with Gasteiger partial charge in [-0.05, 0) is 13.8 Å². The van der Waals surface area contributed by atoms with Crippen molar-refractivity contribution in [1.82, 2.24) is 19.0 Å². The van der Waals surface area contributed by atoms with E-state index in [-0.39, 0.29) is 17.5 Å².